The summed E-state index contributed by atoms with van der Waals surface area (Å²) < 4.78 is 2.02. The van der Waals surface area contributed by atoms with Gasteiger partial charge in [-0.1, -0.05) is 0 Å². The number of anilines is 1. The van der Waals surface area contributed by atoms with Crippen molar-refractivity contribution in [3.05, 3.63) is 52.8 Å². The summed E-state index contributed by atoms with van der Waals surface area (Å²) in [5.41, 5.74) is 4.39. The molecule has 0 unspecified atom stereocenters. The van der Waals surface area contributed by atoms with Crippen molar-refractivity contribution >= 4 is 11.5 Å². The van der Waals surface area contributed by atoms with Crippen molar-refractivity contribution in [3.63, 3.8) is 0 Å². The maximum absolute atomic E-state index is 12.4. The summed E-state index contributed by atoms with van der Waals surface area (Å²) >= 11 is 0. The lowest BCUT2D eigenvalue weighted by Crippen LogP contribution is -2.25. The molecule has 0 atom stereocenters. The molecule has 0 bridgehead atoms. The van der Waals surface area contributed by atoms with Crippen LogP contribution < -0.4 is 4.90 Å². The van der Waals surface area contributed by atoms with E-state index in [1.807, 2.05) is 55.6 Å². The average molecular weight is 281 g/mol. The van der Waals surface area contributed by atoms with Crippen molar-refractivity contribution in [2.75, 3.05) is 18.5 Å². The standard InChI is InChI=1S/C17H19N3O/c1-12-9-16(13(2)20(12)4)17(21)11-19(3)15-7-5-14(10-18)6-8-15/h5-9H,11H2,1-4H3. The molecular formula is C17H19N3O. The number of likely N-dealkylation sites (N-methyl/N-ethyl adjacent to an activating group) is 1. The predicted octanol–water partition coefficient (Wildman–Crippen LogP) is 2.83. The number of benzene rings is 1. The van der Waals surface area contributed by atoms with Crippen molar-refractivity contribution in [1.29, 1.82) is 5.26 Å². The molecule has 4 heteroatoms. The first-order valence-corrected chi connectivity index (χ1v) is 6.81. The fourth-order valence-electron chi connectivity index (χ4n) is 2.32. The van der Waals surface area contributed by atoms with Crippen molar-refractivity contribution in [3.8, 4) is 6.07 Å². The number of Topliss-reactive ketones (excluding diaryl/α,β-unsaturated/α-hetero) is 1. The molecule has 0 amide bonds. The number of carbonyl (C=O) groups is 1. The van der Waals surface area contributed by atoms with E-state index in [0.717, 1.165) is 22.6 Å². The quantitative estimate of drug-likeness (QED) is 0.810. The Kier molecular flexibility index (Phi) is 4.13. The molecule has 108 valence electrons. The highest BCUT2D eigenvalue weighted by molar-refractivity contribution is 6.00. The summed E-state index contributed by atoms with van der Waals surface area (Å²) in [7, 11) is 3.84. The molecule has 1 aromatic carbocycles. The lowest BCUT2D eigenvalue weighted by molar-refractivity contribution is 0.0999. The monoisotopic (exact) mass is 281 g/mol. The van der Waals surface area contributed by atoms with E-state index in [4.69, 9.17) is 5.26 Å². The van der Waals surface area contributed by atoms with Crippen molar-refractivity contribution in [1.82, 2.24) is 4.57 Å². The minimum absolute atomic E-state index is 0.100. The number of hydrogen-bond acceptors (Lipinski definition) is 3. The molecule has 0 radical (unpaired) electrons. The van der Waals surface area contributed by atoms with Gasteiger partial charge in [0.2, 0.25) is 0 Å². The molecule has 0 aliphatic rings. The van der Waals surface area contributed by atoms with Crippen LogP contribution in [0.1, 0.15) is 27.3 Å². The predicted molar refractivity (Wildman–Crippen MR) is 83.6 cm³/mol. The molecule has 1 heterocycles. The van der Waals surface area contributed by atoms with Crippen molar-refractivity contribution in [2.24, 2.45) is 7.05 Å². The second-order valence-electron chi connectivity index (χ2n) is 5.28. The number of rotatable bonds is 4. The minimum atomic E-state index is 0.100. The maximum Gasteiger partial charge on any atom is 0.183 e. The Balaban J connectivity index is 2.14. The van der Waals surface area contributed by atoms with E-state index in [1.165, 1.54) is 0 Å². The summed E-state index contributed by atoms with van der Waals surface area (Å²) in [4.78, 5) is 14.3. The molecule has 0 spiro atoms. The van der Waals surface area contributed by atoms with E-state index in [9.17, 15) is 4.79 Å². The topological polar surface area (TPSA) is 49.0 Å². The Hall–Kier alpha value is -2.54. The van der Waals surface area contributed by atoms with Crippen LogP contribution in [0.15, 0.2) is 30.3 Å². The first-order valence-electron chi connectivity index (χ1n) is 6.81. The summed E-state index contributed by atoms with van der Waals surface area (Å²) in [5.74, 6) is 0.100. The lowest BCUT2D eigenvalue weighted by atomic mass is 10.1. The van der Waals surface area contributed by atoms with Crippen molar-refractivity contribution in [2.45, 2.75) is 13.8 Å². The first kappa shape index (κ1) is 14.9. The van der Waals surface area contributed by atoms with Crippen LogP contribution in [-0.2, 0) is 7.05 Å². The number of nitrogens with zero attached hydrogens (tertiary/aromatic N) is 3. The number of hydrogen-bond donors (Lipinski definition) is 0. The Bertz CT molecular complexity index is 705. The molecule has 0 N–H and O–H groups in total. The van der Waals surface area contributed by atoms with Gasteiger partial charge < -0.3 is 9.47 Å². The highest BCUT2D eigenvalue weighted by atomic mass is 16.1. The SMILES string of the molecule is Cc1cc(C(=O)CN(C)c2ccc(C#N)cc2)c(C)n1C. The normalized spacial score (nSPS) is 10.2. The number of aryl methyl sites for hydroxylation is 1. The van der Waals surface area contributed by atoms with Crippen molar-refractivity contribution < 1.29 is 4.79 Å². The van der Waals surface area contributed by atoms with Crippen LogP contribution in [0, 0.1) is 25.2 Å². The lowest BCUT2D eigenvalue weighted by Gasteiger charge is -2.18. The van der Waals surface area contributed by atoms with E-state index in [0.29, 0.717) is 12.1 Å². The molecule has 0 saturated heterocycles. The molecule has 21 heavy (non-hydrogen) atoms. The zero-order valence-corrected chi connectivity index (χ0v) is 12.8. The maximum atomic E-state index is 12.4. The van der Waals surface area contributed by atoms with E-state index >= 15 is 0 Å². The largest absolute Gasteiger partial charge is 0.367 e. The number of nitriles is 1. The molecule has 0 saturated carbocycles. The fraction of sp³-hybridized carbons (Fsp3) is 0.294. The summed E-state index contributed by atoms with van der Waals surface area (Å²) in [6, 6.07) is 11.3. The van der Waals surface area contributed by atoms with Crippen LogP contribution in [0.25, 0.3) is 0 Å². The number of ketones is 1. The molecule has 2 aromatic rings. The van der Waals surface area contributed by atoms with E-state index in [2.05, 4.69) is 6.07 Å². The number of carbonyl (C=O) groups excluding carboxylic acids is 1. The Labute approximate surface area is 125 Å². The molecular weight excluding hydrogens is 262 g/mol. The first-order chi connectivity index (χ1) is 9.93. The van der Waals surface area contributed by atoms with Gasteiger partial charge in [-0.15, -0.1) is 0 Å². The average Bonchev–Trinajstić information content (AvgIpc) is 2.75. The smallest absolute Gasteiger partial charge is 0.183 e. The highest BCUT2D eigenvalue weighted by Crippen LogP contribution is 2.17. The summed E-state index contributed by atoms with van der Waals surface area (Å²) in [6.07, 6.45) is 0. The van der Waals surface area contributed by atoms with Crippen LogP contribution in [-0.4, -0.2) is 23.9 Å². The number of aromatic nitrogens is 1. The van der Waals surface area contributed by atoms with Gasteiger partial charge in [-0.2, -0.15) is 5.26 Å². The van der Waals surface area contributed by atoms with Gasteiger partial charge in [-0.25, -0.2) is 0 Å². The Morgan fingerprint density at radius 3 is 2.38 bits per heavy atom. The third kappa shape index (κ3) is 2.97. The molecule has 0 fully saturated rings. The van der Waals surface area contributed by atoms with Gasteiger partial charge in [0.15, 0.2) is 5.78 Å². The van der Waals surface area contributed by atoms with Gasteiger partial charge in [-0.05, 0) is 44.2 Å². The van der Waals surface area contributed by atoms with Gasteiger partial charge in [0.1, 0.15) is 0 Å². The van der Waals surface area contributed by atoms with Gasteiger partial charge >= 0.3 is 0 Å². The Morgan fingerprint density at radius 2 is 1.90 bits per heavy atom. The van der Waals surface area contributed by atoms with Crippen LogP contribution in [0.2, 0.25) is 0 Å². The zero-order valence-electron chi connectivity index (χ0n) is 12.8. The zero-order chi connectivity index (χ0) is 15.6. The molecule has 1 aromatic heterocycles. The van der Waals surface area contributed by atoms with Gasteiger partial charge in [0.25, 0.3) is 0 Å². The van der Waals surface area contributed by atoms with Gasteiger partial charge in [0, 0.05) is 36.7 Å². The third-order valence-electron chi connectivity index (χ3n) is 3.89. The van der Waals surface area contributed by atoms with Crippen LogP contribution >= 0.6 is 0 Å². The fourth-order valence-corrected chi connectivity index (χ4v) is 2.32. The van der Waals surface area contributed by atoms with E-state index in [-0.39, 0.29) is 5.78 Å². The van der Waals surface area contributed by atoms with E-state index in [1.54, 1.807) is 12.1 Å². The summed E-state index contributed by atoms with van der Waals surface area (Å²) in [5, 5.41) is 8.80. The molecule has 0 aliphatic heterocycles. The second kappa shape index (κ2) is 5.84. The van der Waals surface area contributed by atoms with Crippen LogP contribution in [0.3, 0.4) is 0 Å². The second-order valence-corrected chi connectivity index (χ2v) is 5.28. The van der Waals surface area contributed by atoms with E-state index < -0.39 is 0 Å². The van der Waals surface area contributed by atoms with Crippen LogP contribution in [0.5, 0.6) is 0 Å². The molecule has 2 rings (SSSR count). The summed E-state index contributed by atoms with van der Waals surface area (Å²) in [6.45, 7) is 4.27. The molecule has 4 nitrogen and oxygen atoms in total. The third-order valence-corrected chi connectivity index (χ3v) is 3.89. The van der Waals surface area contributed by atoms with Gasteiger partial charge in [0.05, 0.1) is 18.2 Å². The Morgan fingerprint density at radius 1 is 1.29 bits per heavy atom. The van der Waals surface area contributed by atoms with Gasteiger partial charge in [-0.3, -0.25) is 4.79 Å². The molecule has 0 aliphatic carbocycles. The van der Waals surface area contributed by atoms with Crippen LogP contribution in [0.4, 0.5) is 5.69 Å². The highest BCUT2D eigenvalue weighted by Gasteiger charge is 2.16. The minimum Gasteiger partial charge on any atom is -0.367 e.